The van der Waals surface area contributed by atoms with E-state index >= 15 is 0 Å². The second kappa shape index (κ2) is 6.57. The Labute approximate surface area is 108 Å². The molecular weight excluding hydrogens is 230 g/mol. The molecule has 1 atom stereocenters. The van der Waals surface area contributed by atoms with Crippen molar-refractivity contribution in [1.29, 1.82) is 0 Å². The normalized spacial score (nSPS) is 20.5. The summed E-state index contributed by atoms with van der Waals surface area (Å²) in [6, 6.07) is -0.117. The highest BCUT2D eigenvalue weighted by Crippen LogP contribution is 2.38. The molecule has 0 radical (unpaired) electrons. The van der Waals surface area contributed by atoms with Crippen LogP contribution < -0.4 is 5.32 Å². The van der Waals surface area contributed by atoms with E-state index in [1.807, 2.05) is 6.92 Å². The number of aliphatic carboxylic acids is 1. The van der Waals surface area contributed by atoms with E-state index in [1.165, 1.54) is 0 Å². The fraction of sp³-hybridized carbons (Fsp3) is 0.714. The lowest BCUT2D eigenvalue weighted by Crippen LogP contribution is -2.39. The lowest BCUT2D eigenvalue weighted by atomic mass is 9.77. The number of carbonyl (C=O) groups is 2. The van der Waals surface area contributed by atoms with Crippen molar-refractivity contribution in [3.8, 4) is 0 Å². The summed E-state index contributed by atoms with van der Waals surface area (Å²) in [6.45, 7) is 5.42. The van der Waals surface area contributed by atoms with Crippen LogP contribution in [-0.2, 0) is 9.59 Å². The number of nitrogens with one attached hydrogen (secondary N) is 1. The number of carbonyl (C=O) groups excluding carboxylic acids is 1. The highest BCUT2D eigenvalue weighted by molar-refractivity contribution is 5.85. The molecule has 1 aliphatic carbocycles. The maximum Gasteiger partial charge on any atom is 0.310 e. The zero-order chi connectivity index (χ0) is 13.6. The summed E-state index contributed by atoms with van der Waals surface area (Å²) in [5.41, 5.74) is -0.860. The average Bonchev–Trinajstić information content (AvgIpc) is 2.55. The summed E-state index contributed by atoms with van der Waals surface area (Å²) in [6.07, 6.45) is 6.88. The van der Waals surface area contributed by atoms with Crippen molar-refractivity contribution in [3.05, 3.63) is 12.7 Å². The zero-order valence-electron chi connectivity index (χ0n) is 11.1. The highest BCUT2D eigenvalue weighted by Gasteiger charge is 2.40. The first kappa shape index (κ1) is 14.7. The molecule has 1 aliphatic rings. The number of hydrogen-bond acceptors (Lipinski definition) is 2. The van der Waals surface area contributed by atoms with Crippen molar-refractivity contribution in [2.24, 2.45) is 5.41 Å². The van der Waals surface area contributed by atoms with Crippen molar-refractivity contribution in [1.82, 2.24) is 5.32 Å². The summed E-state index contributed by atoms with van der Waals surface area (Å²) >= 11 is 0. The standard InChI is InChI=1S/C14H23NO3/c1-3-11(2)15-12(16)10-14(13(17)18)8-6-4-5-7-9-14/h3,11H,1,4-10H2,2H3,(H,15,16)(H,17,18). The van der Waals surface area contributed by atoms with Crippen molar-refractivity contribution >= 4 is 11.9 Å². The van der Waals surface area contributed by atoms with E-state index in [9.17, 15) is 14.7 Å². The number of carboxylic acids is 1. The quantitative estimate of drug-likeness (QED) is 0.584. The molecule has 0 bridgehead atoms. The van der Waals surface area contributed by atoms with Crippen molar-refractivity contribution < 1.29 is 14.7 Å². The van der Waals surface area contributed by atoms with E-state index in [-0.39, 0.29) is 18.4 Å². The minimum absolute atomic E-state index is 0.0838. The van der Waals surface area contributed by atoms with Gasteiger partial charge in [0.1, 0.15) is 0 Å². The van der Waals surface area contributed by atoms with Crippen molar-refractivity contribution in [3.63, 3.8) is 0 Å². The van der Waals surface area contributed by atoms with E-state index in [2.05, 4.69) is 11.9 Å². The third kappa shape index (κ3) is 3.86. The summed E-state index contributed by atoms with van der Waals surface area (Å²) < 4.78 is 0. The summed E-state index contributed by atoms with van der Waals surface area (Å²) in [4.78, 5) is 23.4. The van der Waals surface area contributed by atoms with Gasteiger partial charge in [-0.25, -0.2) is 0 Å². The van der Waals surface area contributed by atoms with Gasteiger partial charge in [-0.15, -0.1) is 6.58 Å². The topological polar surface area (TPSA) is 66.4 Å². The Morgan fingerprint density at radius 3 is 2.33 bits per heavy atom. The first-order chi connectivity index (χ1) is 8.50. The van der Waals surface area contributed by atoms with Crippen LogP contribution in [0.5, 0.6) is 0 Å². The molecule has 0 saturated heterocycles. The maximum atomic E-state index is 11.9. The molecule has 4 nitrogen and oxygen atoms in total. The Balaban J connectivity index is 2.69. The van der Waals surface area contributed by atoms with Crippen LogP contribution in [0.4, 0.5) is 0 Å². The van der Waals surface area contributed by atoms with Crippen LogP contribution in [0.15, 0.2) is 12.7 Å². The summed E-state index contributed by atoms with van der Waals surface area (Å²) in [7, 11) is 0. The second-order valence-corrected chi connectivity index (χ2v) is 5.27. The first-order valence-electron chi connectivity index (χ1n) is 6.65. The van der Waals surface area contributed by atoms with Crippen LogP contribution in [0.25, 0.3) is 0 Å². The fourth-order valence-corrected chi connectivity index (χ4v) is 2.54. The van der Waals surface area contributed by atoms with Crippen molar-refractivity contribution in [2.45, 2.75) is 57.9 Å². The van der Waals surface area contributed by atoms with Gasteiger partial charge in [0.25, 0.3) is 0 Å². The van der Waals surface area contributed by atoms with E-state index in [0.29, 0.717) is 12.8 Å². The van der Waals surface area contributed by atoms with E-state index in [0.717, 1.165) is 25.7 Å². The molecule has 0 aromatic heterocycles. The highest BCUT2D eigenvalue weighted by atomic mass is 16.4. The number of carboxylic acid groups (broad SMARTS) is 1. The largest absolute Gasteiger partial charge is 0.481 e. The first-order valence-corrected chi connectivity index (χ1v) is 6.65. The molecule has 1 unspecified atom stereocenters. The Kier molecular flexibility index (Phi) is 5.38. The van der Waals surface area contributed by atoms with E-state index in [1.54, 1.807) is 6.08 Å². The Morgan fingerprint density at radius 1 is 1.33 bits per heavy atom. The van der Waals surface area contributed by atoms with Gasteiger partial charge >= 0.3 is 5.97 Å². The monoisotopic (exact) mass is 253 g/mol. The Bertz CT molecular complexity index is 317. The molecule has 0 aromatic carbocycles. The Hall–Kier alpha value is -1.32. The van der Waals surface area contributed by atoms with Crippen LogP contribution >= 0.6 is 0 Å². The zero-order valence-corrected chi connectivity index (χ0v) is 11.1. The third-order valence-electron chi connectivity index (χ3n) is 3.76. The lowest BCUT2D eigenvalue weighted by molar-refractivity contribution is -0.153. The van der Waals surface area contributed by atoms with Gasteiger partial charge in [-0.3, -0.25) is 9.59 Å². The van der Waals surface area contributed by atoms with Crippen LogP contribution in [0.3, 0.4) is 0 Å². The molecule has 0 aromatic rings. The van der Waals surface area contributed by atoms with Crippen LogP contribution in [0.1, 0.15) is 51.9 Å². The summed E-state index contributed by atoms with van der Waals surface area (Å²) in [5.74, 6) is -1.02. The van der Waals surface area contributed by atoms with Gasteiger partial charge < -0.3 is 10.4 Å². The molecule has 102 valence electrons. The third-order valence-corrected chi connectivity index (χ3v) is 3.76. The smallest absolute Gasteiger partial charge is 0.310 e. The minimum atomic E-state index is -0.860. The van der Waals surface area contributed by atoms with Crippen LogP contribution in [0.2, 0.25) is 0 Å². The lowest BCUT2D eigenvalue weighted by Gasteiger charge is -2.27. The number of rotatable bonds is 5. The SMILES string of the molecule is C=CC(C)NC(=O)CC1(C(=O)O)CCCCCC1. The maximum absolute atomic E-state index is 11.9. The molecule has 4 heteroatoms. The van der Waals surface area contributed by atoms with Gasteiger partial charge in [-0.1, -0.05) is 31.8 Å². The van der Waals surface area contributed by atoms with Gasteiger partial charge in [0.2, 0.25) is 5.91 Å². The van der Waals surface area contributed by atoms with Gasteiger partial charge in [-0.2, -0.15) is 0 Å². The molecule has 0 heterocycles. The summed E-state index contributed by atoms with van der Waals surface area (Å²) in [5, 5.41) is 12.2. The van der Waals surface area contributed by atoms with Gasteiger partial charge in [0.05, 0.1) is 5.41 Å². The predicted molar refractivity (Wildman–Crippen MR) is 70.2 cm³/mol. The molecule has 1 rings (SSSR count). The van der Waals surface area contributed by atoms with E-state index in [4.69, 9.17) is 0 Å². The predicted octanol–water partition coefficient (Wildman–Crippen LogP) is 2.49. The molecular formula is C14H23NO3. The van der Waals surface area contributed by atoms with Gasteiger partial charge in [-0.05, 0) is 19.8 Å². The second-order valence-electron chi connectivity index (χ2n) is 5.27. The van der Waals surface area contributed by atoms with Crippen molar-refractivity contribution in [2.75, 3.05) is 0 Å². The Morgan fingerprint density at radius 2 is 1.89 bits per heavy atom. The number of amides is 1. The molecule has 0 spiro atoms. The molecule has 1 fully saturated rings. The minimum Gasteiger partial charge on any atom is -0.481 e. The molecule has 0 aliphatic heterocycles. The molecule has 1 amide bonds. The molecule has 1 saturated carbocycles. The molecule has 2 N–H and O–H groups in total. The molecule has 18 heavy (non-hydrogen) atoms. The van der Waals surface area contributed by atoms with Crippen LogP contribution in [0, 0.1) is 5.41 Å². The van der Waals surface area contributed by atoms with Gasteiger partial charge in [0, 0.05) is 12.5 Å². The van der Waals surface area contributed by atoms with E-state index < -0.39 is 11.4 Å². The average molecular weight is 253 g/mol. The number of hydrogen-bond donors (Lipinski definition) is 2. The fourth-order valence-electron chi connectivity index (χ4n) is 2.54. The van der Waals surface area contributed by atoms with Crippen LogP contribution in [-0.4, -0.2) is 23.0 Å². The van der Waals surface area contributed by atoms with Gasteiger partial charge in [0.15, 0.2) is 0 Å².